The number of piperidine rings is 1. The minimum Gasteiger partial charge on any atom is -0.486 e. The molecule has 3 aromatic rings. The Morgan fingerprint density at radius 1 is 1.10 bits per heavy atom. The van der Waals surface area contributed by atoms with Gasteiger partial charge in [0.05, 0.1) is 6.33 Å². The Kier molecular flexibility index (Phi) is 5.29. The van der Waals surface area contributed by atoms with Crippen LogP contribution in [-0.2, 0) is 6.54 Å². The lowest BCUT2D eigenvalue weighted by Crippen LogP contribution is -2.48. The van der Waals surface area contributed by atoms with Crippen LogP contribution in [0.15, 0.2) is 61.2 Å². The molecule has 1 saturated heterocycles. The number of ether oxygens (including phenoxy) is 3. The van der Waals surface area contributed by atoms with E-state index in [-0.39, 0.29) is 6.10 Å². The molecule has 5 rings (SSSR count). The number of likely N-dealkylation sites (tertiary alicyclic amines) is 1. The van der Waals surface area contributed by atoms with Crippen molar-refractivity contribution in [2.45, 2.75) is 25.2 Å². The number of aliphatic hydroxyl groups excluding tert-OH is 1. The number of para-hydroxylation sites is 1. The molecule has 3 heterocycles. The number of hydrogen-bond acceptors (Lipinski definition) is 6. The van der Waals surface area contributed by atoms with Crippen molar-refractivity contribution in [1.82, 2.24) is 14.5 Å². The quantitative estimate of drug-likeness (QED) is 0.701. The Hall–Kier alpha value is -3.03. The standard InChI is InChI=1S/C23H25N3O4/c27-19-15-25(14-17-4-6-18(7-5-17)26-11-9-24-16-26)10-8-20(19)30-22-3-1-2-21-23(22)29-13-12-28-21/h1-7,9,11,16,19-20,27H,8,10,12-15H2/t19-,20-/m1/s1. The molecule has 0 amide bonds. The third-order valence-electron chi connectivity index (χ3n) is 5.56. The molecule has 2 aliphatic rings. The topological polar surface area (TPSA) is 69.0 Å². The summed E-state index contributed by atoms with van der Waals surface area (Å²) in [7, 11) is 0. The average molecular weight is 407 g/mol. The second-order valence-corrected chi connectivity index (χ2v) is 7.66. The summed E-state index contributed by atoms with van der Waals surface area (Å²) < 4.78 is 19.4. The number of β-amino-alcohol motifs (C(OH)–C–C–N with tert-alkyl or cyclic N) is 1. The first-order chi connectivity index (χ1) is 14.8. The van der Waals surface area contributed by atoms with E-state index < -0.39 is 6.10 Å². The third-order valence-corrected chi connectivity index (χ3v) is 5.56. The van der Waals surface area contributed by atoms with Gasteiger partial charge in [-0.25, -0.2) is 4.98 Å². The van der Waals surface area contributed by atoms with Crippen LogP contribution in [0.2, 0.25) is 0 Å². The van der Waals surface area contributed by atoms with Gasteiger partial charge < -0.3 is 23.9 Å². The SMILES string of the molecule is O[C@@H]1CN(Cc2ccc(-n3ccnc3)cc2)CC[C@H]1Oc1cccc2c1OCCO2. The highest BCUT2D eigenvalue weighted by Crippen LogP contribution is 2.40. The zero-order chi connectivity index (χ0) is 20.3. The van der Waals surface area contributed by atoms with Gasteiger partial charge in [0.2, 0.25) is 5.75 Å². The van der Waals surface area contributed by atoms with Gasteiger partial charge in [0.25, 0.3) is 0 Å². The number of hydrogen-bond donors (Lipinski definition) is 1. The van der Waals surface area contributed by atoms with Crippen LogP contribution < -0.4 is 14.2 Å². The Morgan fingerprint density at radius 2 is 1.97 bits per heavy atom. The molecule has 2 aromatic carbocycles. The van der Waals surface area contributed by atoms with E-state index in [0.29, 0.717) is 37.0 Å². The van der Waals surface area contributed by atoms with Crippen molar-refractivity contribution < 1.29 is 19.3 Å². The van der Waals surface area contributed by atoms with Crippen molar-refractivity contribution in [2.24, 2.45) is 0 Å². The van der Waals surface area contributed by atoms with Crippen molar-refractivity contribution in [1.29, 1.82) is 0 Å². The molecule has 1 fully saturated rings. The van der Waals surface area contributed by atoms with E-state index in [0.717, 1.165) is 25.2 Å². The summed E-state index contributed by atoms with van der Waals surface area (Å²) in [5, 5.41) is 10.7. The first-order valence-corrected chi connectivity index (χ1v) is 10.3. The average Bonchev–Trinajstić information content (AvgIpc) is 3.31. The van der Waals surface area contributed by atoms with Gasteiger partial charge in [-0.1, -0.05) is 18.2 Å². The number of benzene rings is 2. The van der Waals surface area contributed by atoms with Crippen LogP contribution in [0.3, 0.4) is 0 Å². The van der Waals surface area contributed by atoms with Gasteiger partial charge in [-0.05, 0) is 36.2 Å². The van der Waals surface area contributed by atoms with Gasteiger partial charge >= 0.3 is 0 Å². The Bertz CT molecular complexity index is 975. The lowest BCUT2D eigenvalue weighted by molar-refractivity contribution is -0.0290. The summed E-state index contributed by atoms with van der Waals surface area (Å²) in [4.78, 5) is 6.34. The van der Waals surface area contributed by atoms with Gasteiger partial charge in [-0.3, -0.25) is 4.90 Å². The molecular weight excluding hydrogens is 382 g/mol. The van der Waals surface area contributed by atoms with E-state index >= 15 is 0 Å². The highest BCUT2D eigenvalue weighted by molar-refractivity contribution is 5.52. The second kappa shape index (κ2) is 8.38. The van der Waals surface area contributed by atoms with Crippen molar-refractivity contribution >= 4 is 0 Å². The van der Waals surface area contributed by atoms with Gasteiger partial charge in [-0.15, -0.1) is 0 Å². The highest BCUT2D eigenvalue weighted by atomic mass is 16.6. The molecule has 0 aliphatic carbocycles. The first kappa shape index (κ1) is 19.0. The molecule has 7 nitrogen and oxygen atoms in total. The molecule has 1 aromatic heterocycles. The van der Waals surface area contributed by atoms with Crippen LogP contribution in [0, 0.1) is 0 Å². The summed E-state index contributed by atoms with van der Waals surface area (Å²) in [5.41, 5.74) is 2.30. The number of aliphatic hydroxyl groups is 1. The largest absolute Gasteiger partial charge is 0.486 e. The van der Waals surface area contributed by atoms with Gasteiger partial charge in [0, 0.05) is 37.7 Å². The molecule has 0 saturated carbocycles. The van der Waals surface area contributed by atoms with Crippen molar-refractivity contribution in [3.8, 4) is 22.9 Å². The zero-order valence-corrected chi connectivity index (χ0v) is 16.7. The first-order valence-electron chi connectivity index (χ1n) is 10.3. The van der Waals surface area contributed by atoms with Crippen LogP contribution in [-0.4, -0.2) is 58.1 Å². The van der Waals surface area contributed by atoms with Crippen LogP contribution in [0.1, 0.15) is 12.0 Å². The predicted molar refractivity (Wildman–Crippen MR) is 111 cm³/mol. The molecule has 2 atom stereocenters. The molecule has 0 unspecified atom stereocenters. The van der Waals surface area contributed by atoms with Crippen LogP contribution in [0.5, 0.6) is 17.2 Å². The summed E-state index contributed by atoms with van der Waals surface area (Å²) in [6.07, 6.45) is 5.41. The maximum absolute atomic E-state index is 10.7. The number of nitrogens with zero attached hydrogens (tertiary/aromatic N) is 3. The fourth-order valence-electron chi connectivity index (χ4n) is 4.00. The molecule has 156 valence electrons. The van der Waals surface area contributed by atoms with Gasteiger partial charge in [0.1, 0.15) is 25.4 Å². The third kappa shape index (κ3) is 3.99. The Labute approximate surface area is 175 Å². The number of aromatic nitrogens is 2. The van der Waals surface area contributed by atoms with Gasteiger partial charge in [0.15, 0.2) is 11.5 Å². The number of rotatable bonds is 5. The van der Waals surface area contributed by atoms with Crippen LogP contribution >= 0.6 is 0 Å². The number of imidazole rings is 1. The minimum absolute atomic E-state index is 0.262. The molecule has 0 spiro atoms. The summed E-state index contributed by atoms with van der Waals surface area (Å²) in [6, 6.07) is 14.0. The molecular formula is C23H25N3O4. The second-order valence-electron chi connectivity index (χ2n) is 7.66. The lowest BCUT2D eigenvalue weighted by Gasteiger charge is -2.36. The van der Waals surface area contributed by atoms with Crippen LogP contribution in [0.4, 0.5) is 0 Å². The van der Waals surface area contributed by atoms with E-state index in [1.807, 2.05) is 29.0 Å². The van der Waals surface area contributed by atoms with Gasteiger partial charge in [-0.2, -0.15) is 0 Å². The smallest absolute Gasteiger partial charge is 0.203 e. The van der Waals surface area contributed by atoms with E-state index in [1.165, 1.54) is 5.56 Å². The Morgan fingerprint density at radius 3 is 2.77 bits per heavy atom. The van der Waals surface area contributed by atoms with Crippen molar-refractivity contribution in [3.63, 3.8) is 0 Å². The van der Waals surface area contributed by atoms with E-state index in [4.69, 9.17) is 14.2 Å². The molecule has 30 heavy (non-hydrogen) atoms. The Balaban J connectivity index is 1.19. The summed E-state index contributed by atoms with van der Waals surface area (Å²) >= 11 is 0. The monoisotopic (exact) mass is 407 g/mol. The van der Waals surface area contributed by atoms with E-state index in [1.54, 1.807) is 12.5 Å². The zero-order valence-electron chi connectivity index (χ0n) is 16.7. The van der Waals surface area contributed by atoms with E-state index in [9.17, 15) is 5.11 Å². The molecule has 2 aliphatic heterocycles. The highest BCUT2D eigenvalue weighted by Gasteiger charge is 2.30. The molecule has 0 radical (unpaired) electrons. The minimum atomic E-state index is -0.565. The maximum atomic E-state index is 10.7. The maximum Gasteiger partial charge on any atom is 0.203 e. The molecule has 1 N–H and O–H groups in total. The van der Waals surface area contributed by atoms with Crippen LogP contribution in [0.25, 0.3) is 5.69 Å². The summed E-state index contributed by atoms with van der Waals surface area (Å²) in [5.74, 6) is 1.97. The van der Waals surface area contributed by atoms with Crippen molar-refractivity contribution in [2.75, 3.05) is 26.3 Å². The fraction of sp³-hybridized carbons (Fsp3) is 0.348. The fourth-order valence-corrected chi connectivity index (χ4v) is 4.00. The molecule has 0 bridgehead atoms. The number of fused-ring (bicyclic) bond motifs is 1. The van der Waals surface area contributed by atoms with E-state index in [2.05, 4.69) is 34.1 Å². The lowest BCUT2D eigenvalue weighted by atomic mass is 10.0. The molecule has 7 heteroatoms. The summed E-state index contributed by atoms with van der Waals surface area (Å²) in [6.45, 7) is 3.28. The normalized spacial score (nSPS) is 21.4. The predicted octanol–water partition coefficient (Wildman–Crippen LogP) is 2.66. The van der Waals surface area contributed by atoms with Crippen molar-refractivity contribution in [3.05, 3.63) is 66.7 Å².